The number of anilines is 3. The van der Waals surface area contributed by atoms with Gasteiger partial charge in [-0.2, -0.15) is 5.10 Å². The van der Waals surface area contributed by atoms with Gasteiger partial charge < -0.3 is 9.80 Å². The molecule has 0 fully saturated rings. The molecule has 0 radical (unpaired) electrons. The average molecular weight is 307 g/mol. The molecule has 0 bridgehead atoms. The smallest absolute Gasteiger partial charge is 0.0950 e. The SMILES string of the molecule is [2H]C([2H])([2H])N1CN(c2cc(C)cc(-c3cc(C)[nH]n3)c2)c2ccccc21. The summed E-state index contributed by atoms with van der Waals surface area (Å²) in [6, 6.07) is 15.8. The van der Waals surface area contributed by atoms with E-state index in [9.17, 15) is 0 Å². The summed E-state index contributed by atoms with van der Waals surface area (Å²) in [6.45, 7) is 2.11. The summed E-state index contributed by atoms with van der Waals surface area (Å²) in [5.74, 6) is 0. The molecule has 0 amide bonds. The molecule has 4 nitrogen and oxygen atoms in total. The summed E-state index contributed by atoms with van der Waals surface area (Å²) in [6.07, 6.45) is 0. The number of hydrogen-bond donors (Lipinski definition) is 1. The number of fused-ring (bicyclic) bond motifs is 1. The van der Waals surface area contributed by atoms with Crippen LogP contribution < -0.4 is 9.80 Å². The van der Waals surface area contributed by atoms with E-state index in [1.54, 1.807) is 0 Å². The van der Waals surface area contributed by atoms with Crippen molar-refractivity contribution in [1.29, 1.82) is 0 Å². The zero-order valence-corrected chi connectivity index (χ0v) is 13.2. The third-order valence-corrected chi connectivity index (χ3v) is 4.12. The summed E-state index contributed by atoms with van der Waals surface area (Å²) in [5.41, 5.74) is 6.58. The highest BCUT2D eigenvalue weighted by molar-refractivity contribution is 5.83. The third-order valence-electron chi connectivity index (χ3n) is 4.12. The van der Waals surface area contributed by atoms with Gasteiger partial charge >= 0.3 is 0 Å². The van der Waals surface area contributed by atoms with Gasteiger partial charge in [-0.15, -0.1) is 0 Å². The quantitative estimate of drug-likeness (QED) is 0.769. The molecule has 0 saturated carbocycles. The van der Waals surface area contributed by atoms with Gasteiger partial charge in [0, 0.05) is 28.0 Å². The van der Waals surface area contributed by atoms with Crippen molar-refractivity contribution in [2.45, 2.75) is 13.8 Å². The van der Waals surface area contributed by atoms with E-state index in [2.05, 4.69) is 28.4 Å². The number of para-hydroxylation sites is 2. The molecule has 2 heterocycles. The standard InChI is InChI=1S/C19H20N4/c1-13-8-15(17-10-14(2)20-21-17)11-16(9-13)23-12-22(3)18-6-4-5-7-19(18)23/h4-11H,12H2,1-3H3,(H,20,21)/i3D3. The van der Waals surface area contributed by atoms with Crippen LogP contribution in [0.2, 0.25) is 0 Å². The highest BCUT2D eigenvalue weighted by atomic mass is 15.4. The number of H-pyrrole nitrogens is 1. The highest BCUT2D eigenvalue weighted by Gasteiger charge is 2.24. The number of benzene rings is 2. The molecule has 1 aliphatic rings. The van der Waals surface area contributed by atoms with Crippen LogP contribution >= 0.6 is 0 Å². The number of aromatic amines is 1. The fourth-order valence-electron chi connectivity index (χ4n) is 3.07. The molecule has 2 aromatic carbocycles. The Morgan fingerprint density at radius 2 is 1.91 bits per heavy atom. The first-order valence-corrected chi connectivity index (χ1v) is 7.61. The molecule has 0 unspecified atom stereocenters. The van der Waals surface area contributed by atoms with E-state index >= 15 is 0 Å². The fraction of sp³-hybridized carbons (Fsp3) is 0.211. The molecule has 4 heteroatoms. The summed E-state index contributed by atoms with van der Waals surface area (Å²) < 4.78 is 23.6. The molecule has 1 aliphatic heterocycles. The normalized spacial score (nSPS) is 16.0. The maximum absolute atomic E-state index is 7.85. The number of nitrogens with one attached hydrogen (secondary N) is 1. The lowest BCUT2D eigenvalue weighted by Crippen LogP contribution is -2.24. The molecule has 0 aliphatic carbocycles. The van der Waals surface area contributed by atoms with Crippen LogP contribution in [0.5, 0.6) is 0 Å². The first kappa shape index (κ1) is 10.9. The second-order valence-electron chi connectivity index (χ2n) is 5.98. The van der Waals surface area contributed by atoms with Crippen molar-refractivity contribution in [2.75, 3.05) is 23.4 Å². The van der Waals surface area contributed by atoms with Crippen molar-refractivity contribution in [1.82, 2.24) is 10.2 Å². The summed E-state index contributed by atoms with van der Waals surface area (Å²) in [5, 5.41) is 7.32. The molecule has 0 saturated heterocycles. The van der Waals surface area contributed by atoms with Gasteiger partial charge in [0.2, 0.25) is 0 Å². The van der Waals surface area contributed by atoms with Crippen LogP contribution in [0.25, 0.3) is 11.3 Å². The molecule has 1 aromatic heterocycles. The predicted molar refractivity (Wildman–Crippen MR) is 95.3 cm³/mol. The maximum Gasteiger partial charge on any atom is 0.0950 e. The second-order valence-corrected chi connectivity index (χ2v) is 5.98. The van der Waals surface area contributed by atoms with Crippen LogP contribution in [0.3, 0.4) is 0 Å². The van der Waals surface area contributed by atoms with Crippen LogP contribution in [-0.4, -0.2) is 23.8 Å². The van der Waals surface area contributed by atoms with Crippen LogP contribution in [0, 0.1) is 13.8 Å². The van der Waals surface area contributed by atoms with Gasteiger partial charge in [0.05, 0.1) is 23.7 Å². The van der Waals surface area contributed by atoms with Crippen LogP contribution in [0.1, 0.15) is 15.4 Å². The summed E-state index contributed by atoms with van der Waals surface area (Å²) >= 11 is 0. The van der Waals surface area contributed by atoms with E-state index in [0.29, 0.717) is 6.67 Å². The Hall–Kier alpha value is -2.75. The van der Waals surface area contributed by atoms with Gasteiger partial charge in [0.25, 0.3) is 0 Å². The van der Waals surface area contributed by atoms with Gasteiger partial charge in [0.1, 0.15) is 0 Å². The van der Waals surface area contributed by atoms with E-state index in [4.69, 9.17) is 4.11 Å². The van der Waals surface area contributed by atoms with Crippen molar-refractivity contribution in [2.24, 2.45) is 0 Å². The Morgan fingerprint density at radius 1 is 1.09 bits per heavy atom. The molecule has 0 atom stereocenters. The lowest BCUT2D eigenvalue weighted by atomic mass is 10.1. The van der Waals surface area contributed by atoms with Gasteiger partial charge in [0.15, 0.2) is 0 Å². The molecular formula is C19H20N4. The van der Waals surface area contributed by atoms with E-state index in [-0.39, 0.29) is 0 Å². The monoisotopic (exact) mass is 307 g/mol. The number of hydrogen-bond acceptors (Lipinski definition) is 3. The van der Waals surface area contributed by atoms with Crippen LogP contribution in [0.4, 0.5) is 17.1 Å². The van der Waals surface area contributed by atoms with Crippen molar-refractivity contribution in [3.8, 4) is 11.3 Å². The molecule has 116 valence electrons. The number of rotatable bonds is 2. The van der Waals surface area contributed by atoms with E-state index in [1.807, 2.05) is 49.1 Å². The van der Waals surface area contributed by atoms with Crippen molar-refractivity contribution >= 4 is 17.1 Å². The second kappa shape index (κ2) is 5.16. The summed E-state index contributed by atoms with van der Waals surface area (Å²) in [4.78, 5) is 3.50. The Kier molecular flexibility index (Phi) is 2.44. The number of aryl methyl sites for hydroxylation is 2. The van der Waals surface area contributed by atoms with Crippen molar-refractivity contribution in [3.05, 3.63) is 59.8 Å². The zero-order valence-electron chi connectivity index (χ0n) is 16.2. The first-order valence-electron chi connectivity index (χ1n) is 9.11. The maximum atomic E-state index is 7.85. The van der Waals surface area contributed by atoms with E-state index < -0.39 is 6.98 Å². The third kappa shape index (κ3) is 2.36. The zero-order chi connectivity index (χ0) is 18.5. The molecule has 23 heavy (non-hydrogen) atoms. The molecule has 3 aromatic rings. The number of nitrogens with zero attached hydrogens (tertiary/aromatic N) is 3. The minimum atomic E-state index is -2.18. The van der Waals surface area contributed by atoms with Gasteiger partial charge in [-0.05, 0) is 55.8 Å². The molecule has 0 spiro atoms. The highest BCUT2D eigenvalue weighted by Crippen LogP contribution is 2.40. The fourth-order valence-corrected chi connectivity index (χ4v) is 3.07. The molecule has 1 N–H and O–H groups in total. The number of aromatic nitrogens is 2. The van der Waals surface area contributed by atoms with Gasteiger partial charge in [-0.1, -0.05) is 12.1 Å². The van der Waals surface area contributed by atoms with Crippen LogP contribution in [0.15, 0.2) is 48.5 Å². The average Bonchev–Trinajstić information content (AvgIpc) is 3.18. The first-order chi connectivity index (χ1) is 12.3. The summed E-state index contributed by atoms with van der Waals surface area (Å²) in [7, 11) is 0. The van der Waals surface area contributed by atoms with Crippen molar-refractivity contribution in [3.63, 3.8) is 0 Å². The largest absolute Gasteiger partial charge is 0.355 e. The lowest BCUT2D eigenvalue weighted by molar-refractivity contribution is 0.949. The lowest BCUT2D eigenvalue weighted by Gasteiger charge is -2.21. The Bertz CT molecular complexity index is 961. The topological polar surface area (TPSA) is 35.2 Å². The van der Waals surface area contributed by atoms with Gasteiger partial charge in [-0.25, -0.2) is 0 Å². The van der Waals surface area contributed by atoms with Gasteiger partial charge in [-0.3, -0.25) is 5.10 Å². The Morgan fingerprint density at radius 3 is 2.65 bits per heavy atom. The molecule has 4 rings (SSSR count). The van der Waals surface area contributed by atoms with E-state index in [1.165, 1.54) is 4.90 Å². The Balaban J connectivity index is 1.80. The minimum Gasteiger partial charge on any atom is -0.355 e. The van der Waals surface area contributed by atoms with E-state index in [0.717, 1.165) is 39.6 Å². The minimum absolute atomic E-state index is 0.290. The predicted octanol–water partition coefficient (Wildman–Crippen LogP) is 4.24. The van der Waals surface area contributed by atoms with Crippen molar-refractivity contribution < 1.29 is 4.11 Å². The van der Waals surface area contributed by atoms with Crippen LogP contribution in [-0.2, 0) is 0 Å². The molecular weight excluding hydrogens is 284 g/mol. The Labute approximate surface area is 140 Å².